The predicted octanol–water partition coefficient (Wildman–Crippen LogP) is 8.46. The molecule has 0 aliphatic carbocycles. The number of anilines is 2. The van der Waals surface area contributed by atoms with Gasteiger partial charge in [-0.1, -0.05) is 92.2 Å². The molecular formula is C43H40BrN11O4S2. The van der Waals surface area contributed by atoms with Gasteiger partial charge in [-0.15, -0.1) is 10.2 Å². The summed E-state index contributed by atoms with van der Waals surface area (Å²) in [5.41, 5.74) is 6.04. The number of nitrogens with one attached hydrogen (secondary N) is 2. The molecule has 61 heavy (non-hydrogen) atoms. The summed E-state index contributed by atoms with van der Waals surface area (Å²) >= 11 is 3.44. The van der Waals surface area contributed by atoms with Crippen LogP contribution in [0, 0.1) is 11.3 Å². The summed E-state index contributed by atoms with van der Waals surface area (Å²) in [5, 5.41) is 25.7. The molecule has 15 nitrogen and oxygen atoms in total. The summed E-state index contributed by atoms with van der Waals surface area (Å²) in [6.07, 6.45) is 3.23. The van der Waals surface area contributed by atoms with Crippen LogP contribution < -0.4 is 9.44 Å². The molecule has 4 aromatic heterocycles. The Labute approximate surface area is 361 Å². The number of fused-ring (bicyclic) bond motifs is 2. The SMILES string of the molecule is CC(C)(C)c1ccc(S(=O)(=O)Nc2ccc(Br)cc2-n2nnc3ncccc32)cc1.CC(C)(C)c1ccc(S(=O)(=O)Nc2ccc(C#N)cc2-n2nnc3ncccc32)cc1. The second-order valence-corrected chi connectivity index (χ2v) is 20.2. The summed E-state index contributed by atoms with van der Waals surface area (Å²) in [6, 6.07) is 32.8. The third-order valence-corrected chi connectivity index (χ3v) is 12.8. The molecule has 8 aromatic rings. The normalized spacial score (nSPS) is 12.1. The van der Waals surface area contributed by atoms with E-state index < -0.39 is 20.0 Å². The molecule has 0 saturated heterocycles. The van der Waals surface area contributed by atoms with Crippen molar-refractivity contribution in [2.45, 2.75) is 62.2 Å². The molecule has 4 heterocycles. The maximum atomic E-state index is 13.1. The molecule has 0 spiro atoms. The average Bonchev–Trinajstić information content (AvgIpc) is 3.86. The van der Waals surface area contributed by atoms with Gasteiger partial charge in [-0.25, -0.2) is 36.2 Å². The molecule has 0 amide bonds. The molecule has 8 rings (SSSR count). The van der Waals surface area contributed by atoms with Gasteiger partial charge in [0.15, 0.2) is 0 Å². The molecule has 0 aliphatic rings. The highest BCUT2D eigenvalue weighted by molar-refractivity contribution is 9.10. The average molecular weight is 919 g/mol. The fourth-order valence-corrected chi connectivity index (χ4v) is 8.69. The second-order valence-electron chi connectivity index (χ2n) is 16.0. The lowest BCUT2D eigenvalue weighted by molar-refractivity contribution is 0.587. The highest BCUT2D eigenvalue weighted by Crippen LogP contribution is 2.31. The standard InChI is InChI=1S/C22H20N6O2S.C21H20BrN5O2S/c1-22(2,3)16-7-9-17(10-8-16)31(29,30)26-18-11-6-15(14-23)13-20(18)28-19-5-4-12-24-21(19)25-27-28;1-21(2,3)14-6-9-16(10-7-14)30(28,29)25-17-11-8-15(22)13-19(17)27-18-5-4-12-23-20(18)24-26-27/h4-13,26H,1-3H3;4-13,25H,1-3H3. The van der Waals surface area contributed by atoms with Crippen LogP contribution in [-0.4, -0.2) is 56.8 Å². The minimum Gasteiger partial charge on any atom is -0.277 e. The van der Waals surface area contributed by atoms with E-state index in [0.29, 0.717) is 45.0 Å². The molecule has 0 unspecified atom stereocenters. The molecule has 0 radical (unpaired) electrons. The van der Waals surface area contributed by atoms with E-state index in [1.54, 1.807) is 95.9 Å². The number of halogens is 1. The summed E-state index contributed by atoms with van der Waals surface area (Å²) < 4.78 is 61.4. The molecule has 0 bridgehead atoms. The van der Waals surface area contributed by atoms with Crippen LogP contribution in [0.3, 0.4) is 0 Å². The van der Waals surface area contributed by atoms with E-state index in [0.717, 1.165) is 15.6 Å². The zero-order chi connectivity index (χ0) is 43.7. The van der Waals surface area contributed by atoms with Gasteiger partial charge < -0.3 is 0 Å². The van der Waals surface area contributed by atoms with Crippen molar-refractivity contribution in [1.82, 2.24) is 40.0 Å². The lowest BCUT2D eigenvalue weighted by atomic mass is 9.87. The van der Waals surface area contributed by atoms with Crippen molar-refractivity contribution in [2.75, 3.05) is 9.44 Å². The van der Waals surface area contributed by atoms with Crippen LogP contribution in [0.5, 0.6) is 0 Å². The first-order valence-corrected chi connectivity index (χ1v) is 22.5. The van der Waals surface area contributed by atoms with E-state index in [1.807, 2.05) is 30.3 Å². The fraction of sp³-hybridized carbons (Fsp3) is 0.186. The van der Waals surface area contributed by atoms with Crippen molar-refractivity contribution < 1.29 is 16.8 Å². The van der Waals surface area contributed by atoms with Crippen molar-refractivity contribution in [3.05, 3.63) is 143 Å². The lowest BCUT2D eigenvalue weighted by Crippen LogP contribution is -2.16. The molecule has 0 saturated carbocycles. The topological polar surface area (TPSA) is 203 Å². The van der Waals surface area contributed by atoms with Gasteiger partial charge in [0.25, 0.3) is 20.0 Å². The van der Waals surface area contributed by atoms with Crippen LogP contribution in [0.4, 0.5) is 11.4 Å². The minimum atomic E-state index is -3.87. The Morgan fingerprint density at radius 1 is 0.590 bits per heavy atom. The number of aromatic nitrogens is 8. The Hall–Kier alpha value is -6.55. The molecule has 2 N–H and O–H groups in total. The largest absolute Gasteiger partial charge is 0.277 e. The van der Waals surface area contributed by atoms with Crippen LogP contribution in [0.25, 0.3) is 33.7 Å². The van der Waals surface area contributed by atoms with Crippen molar-refractivity contribution >= 4 is 69.7 Å². The smallest absolute Gasteiger partial charge is 0.261 e. The molecule has 0 fully saturated rings. The Morgan fingerprint density at radius 2 is 1.02 bits per heavy atom. The number of rotatable bonds is 8. The quantitative estimate of drug-likeness (QED) is 0.148. The van der Waals surface area contributed by atoms with E-state index in [-0.39, 0.29) is 26.3 Å². The summed E-state index contributed by atoms with van der Waals surface area (Å²) in [7, 11) is -7.67. The molecule has 0 aliphatic heterocycles. The van der Waals surface area contributed by atoms with Gasteiger partial charge in [0.2, 0.25) is 11.3 Å². The molecule has 4 aromatic carbocycles. The van der Waals surface area contributed by atoms with Crippen molar-refractivity contribution in [1.29, 1.82) is 5.26 Å². The number of nitrogens with zero attached hydrogens (tertiary/aromatic N) is 9. The van der Waals surface area contributed by atoms with Gasteiger partial charge in [-0.3, -0.25) is 9.44 Å². The highest BCUT2D eigenvalue weighted by atomic mass is 79.9. The maximum Gasteiger partial charge on any atom is 0.261 e. The second kappa shape index (κ2) is 16.5. The van der Waals surface area contributed by atoms with E-state index in [4.69, 9.17) is 0 Å². The Balaban J connectivity index is 0.000000184. The van der Waals surface area contributed by atoms with E-state index in [2.05, 4.69) is 104 Å². The third-order valence-electron chi connectivity index (χ3n) is 9.54. The van der Waals surface area contributed by atoms with Crippen LogP contribution in [0.15, 0.2) is 136 Å². The monoisotopic (exact) mass is 917 g/mol. The molecule has 310 valence electrons. The Morgan fingerprint density at radius 3 is 1.44 bits per heavy atom. The van der Waals surface area contributed by atoms with Crippen molar-refractivity contribution in [3.63, 3.8) is 0 Å². The van der Waals surface area contributed by atoms with E-state index in [9.17, 15) is 22.1 Å². The number of hydrogen-bond donors (Lipinski definition) is 2. The molecule has 18 heteroatoms. The summed E-state index contributed by atoms with van der Waals surface area (Å²) in [5.74, 6) is 0. The number of sulfonamides is 2. The Kier molecular flexibility index (Phi) is 11.5. The van der Waals surface area contributed by atoms with Gasteiger partial charge in [-0.2, -0.15) is 5.26 Å². The van der Waals surface area contributed by atoms with E-state index in [1.165, 1.54) is 4.68 Å². The maximum absolute atomic E-state index is 13.1. The van der Waals surface area contributed by atoms with Crippen LogP contribution in [0.1, 0.15) is 58.2 Å². The molecular weight excluding hydrogens is 879 g/mol. The zero-order valence-corrected chi connectivity index (χ0v) is 37.1. The van der Waals surface area contributed by atoms with Crippen molar-refractivity contribution in [3.8, 4) is 17.4 Å². The first-order valence-electron chi connectivity index (χ1n) is 18.8. The van der Waals surface area contributed by atoms with Crippen LogP contribution in [-0.2, 0) is 30.9 Å². The van der Waals surface area contributed by atoms with Crippen molar-refractivity contribution in [2.24, 2.45) is 0 Å². The third kappa shape index (κ3) is 9.28. The van der Waals surface area contributed by atoms with E-state index >= 15 is 0 Å². The summed E-state index contributed by atoms with van der Waals surface area (Å²) in [4.78, 5) is 8.67. The molecule has 0 atom stereocenters. The van der Waals surface area contributed by atoms with Gasteiger partial charge in [0, 0.05) is 16.9 Å². The first kappa shape index (κ1) is 42.6. The Bertz CT molecular complexity index is 3170. The van der Waals surface area contributed by atoms with Gasteiger partial charge in [-0.05, 0) is 107 Å². The highest BCUT2D eigenvalue weighted by Gasteiger charge is 2.23. The van der Waals surface area contributed by atoms with Gasteiger partial charge in [0.1, 0.15) is 11.0 Å². The van der Waals surface area contributed by atoms with Gasteiger partial charge in [0.05, 0.1) is 44.2 Å². The van der Waals surface area contributed by atoms with Gasteiger partial charge >= 0.3 is 0 Å². The summed E-state index contributed by atoms with van der Waals surface area (Å²) in [6.45, 7) is 12.4. The zero-order valence-electron chi connectivity index (χ0n) is 33.9. The lowest BCUT2D eigenvalue weighted by Gasteiger charge is -2.19. The number of pyridine rings is 2. The number of nitriles is 1. The first-order chi connectivity index (χ1) is 28.8. The minimum absolute atomic E-state index is 0.0587. The fourth-order valence-electron chi connectivity index (χ4n) is 6.19. The number of benzene rings is 4. The van der Waals surface area contributed by atoms with Crippen LogP contribution >= 0.6 is 15.9 Å². The number of hydrogen-bond acceptors (Lipinski definition) is 11. The van der Waals surface area contributed by atoms with Crippen LogP contribution in [0.2, 0.25) is 0 Å². The predicted molar refractivity (Wildman–Crippen MR) is 238 cm³/mol.